The lowest BCUT2D eigenvalue weighted by Gasteiger charge is -2.23. The van der Waals surface area contributed by atoms with Gasteiger partial charge in [0.05, 0.1) is 0 Å². The summed E-state index contributed by atoms with van der Waals surface area (Å²) in [5.41, 5.74) is 4.94. The summed E-state index contributed by atoms with van der Waals surface area (Å²) in [4.78, 5) is 19.3. The Morgan fingerprint density at radius 2 is 1.86 bits per heavy atom. The molecular formula is C30H36N6O. The number of aromatic amines is 1. The molecule has 1 N–H and O–H groups in total. The zero-order chi connectivity index (χ0) is 25.0. The first kappa shape index (κ1) is 23.0. The molecule has 3 aliphatic carbocycles. The normalized spacial score (nSPS) is 20.7. The molecule has 1 saturated heterocycles. The van der Waals surface area contributed by atoms with Gasteiger partial charge in [-0.3, -0.25) is 14.3 Å². The maximum atomic E-state index is 13.2. The van der Waals surface area contributed by atoms with Gasteiger partial charge in [-0.1, -0.05) is 24.6 Å². The number of benzene rings is 1. The highest BCUT2D eigenvalue weighted by Gasteiger charge is 2.47. The lowest BCUT2D eigenvalue weighted by Crippen LogP contribution is -2.21. The highest BCUT2D eigenvalue weighted by atomic mass is 16.1. The van der Waals surface area contributed by atoms with Crippen molar-refractivity contribution in [2.45, 2.75) is 69.7 Å². The second-order valence-electron chi connectivity index (χ2n) is 11.8. The number of nitrogens with one attached hydrogen (secondary N) is 1. The molecule has 3 saturated carbocycles. The summed E-state index contributed by atoms with van der Waals surface area (Å²) in [6, 6.07) is 12.2. The fraction of sp³-hybridized carbons (Fsp3) is 0.500. The SMILES string of the molecule is Cn1cnnc1C1CCC1.O=c1c2[nH]c(CN3CCC4(CC4)C3)cc2c(C2CC2)cn1-c1ccccc1. The molecule has 7 heteroatoms. The molecule has 37 heavy (non-hydrogen) atoms. The third-order valence-corrected chi connectivity index (χ3v) is 9.02. The fourth-order valence-electron chi connectivity index (χ4n) is 6.20. The number of likely N-dealkylation sites (tertiary alicyclic amines) is 1. The molecule has 0 amide bonds. The Kier molecular flexibility index (Phi) is 5.57. The molecule has 0 unspecified atom stereocenters. The van der Waals surface area contributed by atoms with Gasteiger partial charge in [0.1, 0.15) is 17.7 Å². The van der Waals surface area contributed by atoms with E-state index >= 15 is 0 Å². The van der Waals surface area contributed by atoms with Crippen molar-refractivity contribution in [3.05, 3.63) is 76.4 Å². The molecule has 4 fully saturated rings. The van der Waals surface area contributed by atoms with E-state index < -0.39 is 0 Å². The predicted octanol–water partition coefficient (Wildman–Crippen LogP) is 5.26. The van der Waals surface area contributed by atoms with Crippen LogP contribution in [0.15, 0.2) is 53.7 Å². The number of H-pyrrole nitrogens is 1. The van der Waals surface area contributed by atoms with Gasteiger partial charge in [-0.25, -0.2) is 0 Å². The van der Waals surface area contributed by atoms with Gasteiger partial charge in [0.2, 0.25) is 0 Å². The van der Waals surface area contributed by atoms with Crippen LogP contribution in [0.25, 0.3) is 16.6 Å². The van der Waals surface area contributed by atoms with Crippen molar-refractivity contribution in [2.75, 3.05) is 13.1 Å². The van der Waals surface area contributed by atoms with Gasteiger partial charge in [-0.05, 0) is 86.6 Å². The quantitative estimate of drug-likeness (QED) is 0.409. The smallest absolute Gasteiger partial charge is 0.279 e. The van der Waals surface area contributed by atoms with Gasteiger partial charge in [-0.2, -0.15) is 0 Å². The largest absolute Gasteiger partial charge is 0.353 e. The highest BCUT2D eigenvalue weighted by Crippen LogP contribution is 2.52. The standard InChI is InChI=1S/C23H25N3O.C7H11N3/c27-22-21-19(12-17(24-21)13-25-11-10-23(15-25)8-9-23)20(16-6-7-16)14-26(22)18-4-2-1-3-5-18;1-10-5-8-9-7(10)6-3-2-4-6/h1-5,12,14,16,24H,6-11,13,15H2;5-6H,2-4H2,1H3. The van der Waals surface area contributed by atoms with Gasteiger partial charge >= 0.3 is 0 Å². The van der Waals surface area contributed by atoms with Crippen molar-refractivity contribution in [2.24, 2.45) is 12.5 Å². The van der Waals surface area contributed by atoms with Crippen molar-refractivity contribution >= 4 is 10.9 Å². The van der Waals surface area contributed by atoms with Crippen LogP contribution < -0.4 is 5.56 Å². The molecule has 7 nitrogen and oxygen atoms in total. The summed E-state index contributed by atoms with van der Waals surface area (Å²) in [5.74, 6) is 2.46. The number of pyridine rings is 1. The Hall–Kier alpha value is -3.19. The molecule has 4 aromatic rings. The van der Waals surface area contributed by atoms with E-state index in [1.807, 2.05) is 46.5 Å². The molecule has 1 aromatic carbocycles. The number of nitrogens with zero attached hydrogens (tertiary/aromatic N) is 5. The molecule has 8 rings (SSSR count). The predicted molar refractivity (Wildman–Crippen MR) is 145 cm³/mol. The minimum atomic E-state index is 0.0620. The van der Waals surface area contributed by atoms with E-state index in [0.29, 0.717) is 17.3 Å². The molecule has 1 aliphatic heterocycles. The monoisotopic (exact) mass is 496 g/mol. The van der Waals surface area contributed by atoms with Gasteiger partial charge in [-0.15, -0.1) is 10.2 Å². The van der Waals surface area contributed by atoms with Crippen LogP contribution in [-0.2, 0) is 13.6 Å². The summed E-state index contributed by atoms with van der Waals surface area (Å²) in [7, 11) is 2.01. The lowest BCUT2D eigenvalue weighted by atomic mass is 9.85. The average Bonchev–Trinajstić information content (AvgIpc) is 3.73. The Morgan fingerprint density at radius 1 is 1.05 bits per heavy atom. The van der Waals surface area contributed by atoms with Crippen molar-refractivity contribution in [1.29, 1.82) is 0 Å². The topological polar surface area (TPSA) is 71.7 Å². The molecular weight excluding hydrogens is 460 g/mol. The fourth-order valence-corrected chi connectivity index (χ4v) is 6.20. The molecule has 1 spiro atoms. The molecule has 0 atom stereocenters. The van der Waals surface area contributed by atoms with E-state index in [9.17, 15) is 4.79 Å². The van der Waals surface area contributed by atoms with Crippen molar-refractivity contribution < 1.29 is 0 Å². The summed E-state index contributed by atoms with van der Waals surface area (Å²) in [5, 5.41) is 9.03. The average molecular weight is 497 g/mol. The minimum absolute atomic E-state index is 0.0620. The first-order valence-corrected chi connectivity index (χ1v) is 14.0. The van der Waals surface area contributed by atoms with E-state index in [0.717, 1.165) is 29.0 Å². The van der Waals surface area contributed by atoms with E-state index in [1.165, 1.54) is 75.7 Å². The number of fused-ring (bicyclic) bond motifs is 1. The number of aromatic nitrogens is 5. The molecule has 4 aliphatic rings. The second-order valence-corrected chi connectivity index (χ2v) is 11.8. The third kappa shape index (κ3) is 4.43. The summed E-state index contributed by atoms with van der Waals surface area (Å²) >= 11 is 0. The third-order valence-electron chi connectivity index (χ3n) is 9.02. The molecule has 0 radical (unpaired) electrons. The Balaban J connectivity index is 0.000000194. The van der Waals surface area contributed by atoms with Gasteiger partial charge in [0.25, 0.3) is 5.56 Å². The molecule has 192 valence electrons. The van der Waals surface area contributed by atoms with Crippen molar-refractivity contribution in [1.82, 2.24) is 29.2 Å². The molecule has 3 aromatic heterocycles. The van der Waals surface area contributed by atoms with Crippen LogP contribution in [-0.4, -0.2) is 42.3 Å². The number of hydrogen-bond donors (Lipinski definition) is 1. The van der Waals surface area contributed by atoms with Gasteiger partial charge in [0, 0.05) is 49.0 Å². The lowest BCUT2D eigenvalue weighted by molar-refractivity contribution is 0.309. The van der Waals surface area contributed by atoms with Crippen molar-refractivity contribution in [3.8, 4) is 5.69 Å². The Bertz CT molecular complexity index is 1470. The number of rotatable bonds is 5. The van der Waals surface area contributed by atoms with E-state index in [2.05, 4.69) is 32.3 Å². The van der Waals surface area contributed by atoms with Crippen LogP contribution in [0.1, 0.15) is 80.3 Å². The van der Waals surface area contributed by atoms with Crippen molar-refractivity contribution in [3.63, 3.8) is 0 Å². The Morgan fingerprint density at radius 3 is 2.49 bits per heavy atom. The van der Waals surface area contributed by atoms with E-state index in [-0.39, 0.29) is 5.56 Å². The first-order chi connectivity index (χ1) is 18.1. The van der Waals surface area contributed by atoms with Crippen LogP contribution >= 0.6 is 0 Å². The zero-order valence-electron chi connectivity index (χ0n) is 21.7. The number of para-hydroxylation sites is 1. The number of hydrogen-bond acceptors (Lipinski definition) is 4. The van der Waals surface area contributed by atoms with Crippen LogP contribution in [0, 0.1) is 5.41 Å². The van der Waals surface area contributed by atoms with Crippen LogP contribution in [0.5, 0.6) is 0 Å². The van der Waals surface area contributed by atoms with Gasteiger partial charge in [0.15, 0.2) is 0 Å². The molecule has 4 heterocycles. The maximum absolute atomic E-state index is 13.2. The highest BCUT2D eigenvalue weighted by molar-refractivity contribution is 5.84. The van der Waals surface area contributed by atoms with Crippen LogP contribution in [0.3, 0.4) is 0 Å². The summed E-state index contributed by atoms with van der Waals surface area (Å²) in [6.07, 6.45) is 14.4. The Labute approximate surface area is 217 Å². The van der Waals surface area contributed by atoms with E-state index in [1.54, 1.807) is 6.33 Å². The van der Waals surface area contributed by atoms with Gasteiger partial charge < -0.3 is 9.55 Å². The maximum Gasteiger partial charge on any atom is 0.279 e. The summed E-state index contributed by atoms with van der Waals surface area (Å²) in [6.45, 7) is 3.36. The first-order valence-electron chi connectivity index (χ1n) is 14.0. The minimum Gasteiger partial charge on any atom is -0.353 e. The zero-order valence-corrected chi connectivity index (χ0v) is 21.7. The van der Waals surface area contributed by atoms with Crippen LogP contribution in [0.2, 0.25) is 0 Å². The second kappa shape index (κ2) is 8.98. The van der Waals surface area contributed by atoms with E-state index in [4.69, 9.17) is 0 Å². The van der Waals surface area contributed by atoms with Crippen LogP contribution in [0.4, 0.5) is 0 Å². The molecule has 0 bridgehead atoms. The number of aryl methyl sites for hydroxylation is 1. The summed E-state index contributed by atoms with van der Waals surface area (Å²) < 4.78 is 3.84.